The van der Waals surface area contributed by atoms with Gasteiger partial charge in [-0.2, -0.15) is 0 Å². The third-order valence-electron chi connectivity index (χ3n) is 2.95. The number of hydrogen-bond donors (Lipinski definition) is 1. The van der Waals surface area contributed by atoms with Crippen LogP contribution in [0.5, 0.6) is 11.5 Å². The number of fused-ring (bicyclic) bond motifs is 1. The SMILES string of the molecule is COc1ccc(OC)c2c1CCCC2O. The summed E-state index contributed by atoms with van der Waals surface area (Å²) in [5.41, 5.74) is 2.00. The average molecular weight is 208 g/mol. The fourth-order valence-electron chi connectivity index (χ4n) is 2.23. The van der Waals surface area contributed by atoms with E-state index in [4.69, 9.17) is 9.47 Å². The minimum absolute atomic E-state index is 0.418. The summed E-state index contributed by atoms with van der Waals surface area (Å²) >= 11 is 0. The van der Waals surface area contributed by atoms with E-state index in [9.17, 15) is 5.11 Å². The van der Waals surface area contributed by atoms with E-state index >= 15 is 0 Å². The predicted molar refractivity (Wildman–Crippen MR) is 57.4 cm³/mol. The maximum atomic E-state index is 9.96. The minimum Gasteiger partial charge on any atom is -0.496 e. The van der Waals surface area contributed by atoms with Crippen molar-refractivity contribution in [2.75, 3.05) is 14.2 Å². The van der Waals surface area contributed by atoms with E-state index in [0.29, 0.717) is 0 Å². The summed E-state index contributed by atoms with van der Waals surface area (Å²) in [6, 6.07) is 3.75. The molecule has 0 radical (unpaired) electrons. The molecule has 0 saturated carbocycles. The molecule has 2 rings (SSSR count). The van der Waals surface area contributed by atoms with E-state index in [2.05, 4.69) is 0 Å². The van der Waals surface area contributed by atoms with Crippen LogP contribution in [0.4, 0.5) is 0 Å². The highest BCUT2D eigenvalue weighted by atomic mass is 16.5. The van der Waals surface area contributed by atoms with Gasteiger partial charge in [-0.05, 0) is 31.4 Å². The van der Waals surface area contributed by atoms with E-state index in [1.165, 1.54) is 0 Å². The van der Waals surface area contributed by atoms with Crippen molar-refractivity contribution in [3.8, 4) is 11.5 Å². The Labute approximate surface area is 89.6 Å². The highest BCUT2D eigenvalue weighted by Gasteiger charge is 2.24. The Morgan fingerprint density at radius 2 is 1.87 bits per heavy atom. The Hall–Kier alpha value is -1.22. The number of aliphatic hydroxyl groups excluding tert-OH is 1. The smallest absolute Gasteiger partial charge is 0.125 e. The second-order valence-corrected chi connectivity index (χ2v) is 3.77. The summed E-state index contributed by atoms with van der Waals surface area (Å²) in [7, 11) is 3.28. The number of benzene rings is 1. The molecule has 1 aromatic carbocycles. The van der Waals surface area contributed by atoms with Crippen molar-refractivity contribution in [3.63, 3.8) is 0 Å². The molecule has 1 N–H and O–H groups in total. The van der Waals surface area contributed by atoms with Crippen LogP contribution in [0.3, 0.4) is 0 Å². The van der Waals surface area contributed by atoms with Gasteiger partial charge in [0.15, 0.2) is 0 Å². The largest absolute Gasteiger partial charge is 0.496 e. The quantitative estimate of drug-likeness (QED) is 0.808. The fourth-order valence-corrected chi connectivity index (χ4v) is 2.23. The summed E-state index contributed by atoms with van der Waals surface area (Å²) < 4.78 is 10.6. The van der Waals surface area contributed by atoms with Gasteiger partial charge in [-0.3, -0.25) is 0 Å². The molecule has 1 atom stereocenters. The molecule has 0 saturated heterocycles. The van der Waals surface area contributed by atoms with Crippen LogP contribution in [-0.4, -0.2) is 19.3 Å². The third-order valence-corrected chi connectivity index (χ3v) is 2.95. The van der Waals surface area contributed by atoms with Crippen LogP contribution in [0.25, 0.3) is 0 Å². The molecule has 0 aromatic heterocycles. The van der Waals surface area contributed by atoms with Crippen LogP contribution in [0.15, 0.2) is 12.1 Å². The Balaban J connectivity index is 2.56. The molecule has 0 bridgehead atoms. The topological polar surface area (TPSA) is 38.7 Å². The van der Waals surface area contributed by atoms with E-state index in [-0.39, 0.29) is 0 Å². The van der Waals surface area contributed by atoms with E-state index < -0.39 is 6.10 Å². The van der Waals surface area contributed by atoms with Crippen LogP contribution >= 0.6 is 0 Å². The predicted octanol–water partition coefficient (Wildman–Crippen LogP) is 2.07. The molecule has 3 nitrogen and oxygen atoms in total. The highest BCUT2D eigenvalue weighted by Crippen LogP contribution is 2.40. The first-order chi connectivity index (χ1) is 7.27. The lowest BCUT2D eigenvalue weighted by Crippen LogP contribution is -2.12. The maximum absolute atomic E-state index is 9.96. The van der Waals surface area contributed by atoms with Crippen molar-refractivity contribution >= 4 is 0 Å². The Morgan fingerprint density at radius 1 is 1.20 bits per heavy atom. The average Bonchev–Trinajstić information content (AvgIpc) is 2.28. The normalized spacial score (nSPS) is 19.5. The van der Waals surface area contributed by atoms with Gasteiger partial charge in [-0.15, -0.1) is 0 Å². The molecule has 1 aromatic rings. The van der Waals surface area contributed by atoms with Crippen LogP contribution < -0.4 is 9.47 Å². The van der Waals surface area contributed by atoms with Crippen LogP contribution in [0, 0.1) is 0 Å². The molecule has 0 aliphatic heterocycles. The Morgan fingerprint density at radius 3 is 2.53 bits per heavy atom. The molecule has 1 aliphatic rings. The first-order valence-electron chi connectivity index (χ1n) is 5.19. The molecule has 0 spiro atoms. The van der Waals surface area contributed by atoms with Crippen molar-refractivity contribution in [3.05, 3.63) is 23.3 Å². The van der Waals surface area contributed by atoms with Crippen molar-refractivity contribution in [1.29, 1.82) is 0 Å². The maximum Gasteiger partial charge on any atom is 0.125 e. The molecule has 0 amide bonds. The number of ether oxygens (including phenoxy) is 2. The van der Waals surface area contributed by atoms with Crippen molar-refractivity contribution < 1.29 is 14.6 Å². The summed E-state index contributed by atoms with van der Waals surface area (Å²) in [6.45, 7) is 0. The van der Waals surface area contributed by atoms with Gasteiger partial charge in [0, 0.05) is 11.1 Å². The van der Waals surface area contributed by atoms with Gasteiger partial charge < -0.3 is 14.6 Å². The van der Waals surface area contributed by atoms with Gasteiger partial charge in [0.2, 0.25) is 0 Å². The van der Waals surface area contributed by atoms with Crippen LogP contribution in [0.2, 0.25) is 0 Å². The number of aliphatic hydroxyl groups is 1. The lowest BCUT2D eigenvalue weighted by molar-refractivity contribution is 0.151. The van der Waals surface area contributed by atoms with Gasteiger partial charge in [0.1, 0.15) is 11.5 Å². The summed E-state index contributed by atoms with van der Waals surface area (Å²) in [5.74, 6) is 1.61. The standard InChI is InChI=1S/C12H16O3/c1-14-10-6-7-11(15-2)12-8(10)4-3-5-9(12)13/h6-7,9,13H,3-5H2,1-2H3. The summed E-state index contributed by atoms with van der Waals surface area (Å²) in [4.78, 5) is 0. The molecular formula is C12H16O3. The van der Waals surface area contributed by atoms with E-state index in [1.54, 1.807) is 14.2 Å². The molecule has 0 fully saturated rings. The van der Waals surface area contributed by atoms with Gasteiger partial charge >= 0.3 is 0 Å². The number of hydrogen-bond acceptors (Lipinski definition) is 3. The van der Waals surface area contributed by atoms with Gasteiger partial charge in [-0.25, -0.2) is 0 Å². The van der Waals surface area contributed by atoms with Gasteiger partial charge in [0.05, 0.1) is 20.3 Å². The zero-order chi connectivity index (χ0) is 10.8. The highest BCUT2D eigenvalue weighted by molar-refractivity contribution is 5.51. The molecule has 1 unspecified atom stereocenters. The van der Waals surface area contributed by atoms with Crippen molar-refractivity contribution in [1.82, 2.24) is 0 Å². The lowest BCUT2D eigenvalue weighted by Gasteiger charge is -2.25. The van der Waals surface area contributed by atoms with E-state index in [0.717, 1.165) is 41.9 Å². The number of rotatable bonds is 2. The number of methoxy groups -OCH3 is 2. The van der Waals surface area contributed by atoms with Crippen molar-refractivity contribution in [2.45, 2.75) is 25.4 Å². The molecule has 82 valence electrons. The second-order valence-electron chi connectivity index (χ2n) is 3.77. The molecule has 15 heavy (non-hydrogen) atoms. The van der Waals surface area contributed by atoms with Gasteiger partial charge in [0.25, 0.3) is 0 Å². The van der Waals surface area contributed by atoms with Crippen molar-refractivity contribution in [2.24, 2.45) is 0 Å². The molecular weight excluding hydrogens is 192 g/mol. The second kappa shape index (κ2) is 4.11. The first kappa shape index (κ1) is 10.3. The summed E-state index contributed by atoms with van der Waals surface area (Å²) in [6.07, 6.45) is 2.33. The zero-order valence-corrected chi connectivity index (χ0v) is 9.12. The Bertz CT molecular complexity index is 360. The molecule has 0 heterocycles. The monoisotopic (exact) mass is 208 g/mol. The Kier molecular flexibility index (Phi) is 2.82. The lowest BCUT2D eigenvalue weighted by atomic mass is 9.88. The van der Waals surface area contributed by atoms with Crippen LogP contribution in [0.1, 0.15) is 30.1 Å². The van der Waals surface area contributed by atoms with Gasteiger partial charge in [-0.1, -0.05) is 0 Å². The molecule has 3 heteroatoms. The first-order valence-corrected chi connectivity index (χ1v) is 5.19. The van der Waals surface area contributed by atoms with Crippen LogP contribution in [-0.2, 0) is 6.42 Å². The molecule has 1 aliphatic carbocycles. The van der Waals surface area contributed by atoms with E-state index in [1.807, 2.05) is 12.1 Å². The summed E-state index contributed by atoms with van der Waals surface area (Å²) in [5, 5.41) is 9.96. The third kappa shape index (κ3) is 1.67. The minimum atomic E-state index is -0.418. The zero-order valence-electron chi connectivity index (χ0n) is 9.12. The fraction of sp³-hybridized carbons (Fsp3) is 0.500.